The Bertz CT molecular complexity index is 652. The Morgan fingerprint density at radius 2 is 2.53 bits per heavy atom. The average molecular weight is 259 g/mol. The number of ether oxygens (including phenoxy) is 1. The maximum Gasteiger partial charge on any atom is 0.356 e. The van der Waals surface area contributed by atoms with Gasteiger partial charge in [-0.3, -0.25) is 0 Å². The molecule has 1 atom stereocenters. The summed E-state index contributed by atoms with van der Waals surface area (Å²) in [5.74, 6) is -0.422. The van der Waals surface area contributed by atoms with E-state index in [2.05, 4.69) is 10.1 Å². The second kappa shape index (κ2) is 4.64. The topological polar surface area (TPSA) is 73.0 Å². The lowest BCUT2D eigenvalue weighted by molar-refractivity contribution is 0.00282. The molecule has 0 fully saturated rings. The predicted molar refractivity (Wildman–Crippen MR) is 67.5 cm³/mol. The molecule has 0 aliphatic heterocycles. The first-order valence-corrected chi connectivity index (χ1v) is 6.04. The summed E-state index contributed by atoms with van der Waals surface area (Å²) in [5, 5.41) is 4.08. The SMILES string of the molecule is CCC(OC(=O)c1cc2occc2[nH]1)n1cccn1. The first-order valence-electron chi connectivity index (χ1n) is 6.04. The zero-order chi connectivity index (χ0) is 13.2. The molecule has 3 rings (SSSR count). The molecule has 1 unspecified atom stereocenters. The Morgan fingerprint density at radius 3 is 3.21 bits per heavy atom. The lowest BCUT2D eigenvalue weighted by Crippen LogP contribution is -2.17. The second-order valence-corrected chi connectivity index (χ2v) is 4.14. The van der Waals surface area contributed by atoms with E-state index in [9.17, 15) is 4.79 Å². The number of hydrogen-bond donors (Lipinski definition) is 1. The Balaban J connectivity index is 1.78. The lowest BCUT2D eigenvalue weighted by Gasteiger charge is -2.15. The van der Waals surface area contributed by atoms with Crippen LogP contribution in [0.4, 0.5) is 0 Å². The van der Waals surface area contributed by atoms with Crippen molar-refractivity contribution in [3.63, 3.8) is 0 Å². The molecule has 0 amide bonds. The van der Waals surface area contributed by atoms with Crippen LogP contribution >= 0.6 is 0 Å². The van der Waals surface area contributed by atoms with Gasteiger partial charge < -0.3 is 14.1 Å². The molecule has 19 heavy (non-hydrogen) atoms. The van der Waals surface area contributed by atoms with Crippen molar-refractivity contribution in [2.45, 2.75) is 19.6 Å². The van der Waals surface area contributed by atoms with Gasteiger partial charge >= 0.3 is 5.97 Å². The standard InChI is InChI=1S/C13H13N3O3/c1-2-12(16-6-3-5-14-16)19-13(17)10-8-11-9(15-10)4-7-18-11/h3-8,12,15H,2H2,1H3. The fourth-order valence-corrected chi connectivity index (χ4v) is 1.92. The van der Waals surface area contributed by atoms with Gasteiger partial charge in [0.05, 0.1) is 11.8 Å². The Labute approximate surface area is 109 Å². The maximum absolute atomic E-state index is 12.0. The van der Waals surface area contributed by atoms with Crippen LogP contribution < -0.4 is 0 Å². The van der Waals surface area contributed by atoms with Crippen LogP contribution in [0.25, 0.3) is 11.1 Å². The number of rotatable bonds is 4. The lowest BCUT2D eigenvalue weighted by atomic mass is 10.4. The molecule has 0 aliphatic rings. The summed E-state index contributed by atoms with van der Waals surface area (Å²) in [6.45, 7) is 1.93. The number of nitrogens with one attached hydrogen (secondary N) is 1. The first kappa shape index (κ1) is 11.6. The van der Waals surface area contributed by atoms with Gasteiger partial charge in [-0.05, 0) is 6.07 Å². The van der Waals surface area contributed by atoms with Crippen molar-refractivity contribution in [1.29, 1.82) is 0 Å². The number of hydrogen-bond acceptors (Lipinski definition) is 4. The van der Waals surface area contributed by atoms with E-state index in [1.165, 1.54) is 0 Å². The summed E-state index contributed by atoms with van der Waals surface area (Å²) in [5.41, 5.74) is 1.79. The highest BCUT2D eigenvalue weighted by Gasteiger charge is 2.18. The summed E-state index contributed by atoms with van der Waals surface area (Å²) in [6, 6.07) is 5.18. The summed E-state index contributed by atoms with van der Waals surface area (Å²) < 4.78 is 12.2. The number of H-pyrrole nitrogens is 1. The van der Waals surface area contributed by atoms with Gasteiger partial charge in [0, 0.05) is 30.9 Å². The molecular weight excluding hydrogens is 246 g/mol. The summed E-state index contributed by atoms with van der Waals surface area (Å²) in [4.78, 5) is 15.0. The Hall–Kier alpha value is -2.50. The molecule has 0 saturated heterocycles. The van der Waals surface area contributed by atoms with Crippen LogP contribution in [0.3, 0.4) is 0 Å². The van der Waals surface area contributed by atoms with Crippen molar-refractivity contribution in [3.8, 4) is 0 Å². The van der Waals surface area contributed by atoms with Crippen LogP contribution in [-0.4, -0.2) is 20.7 Å². The maximum atomic E-state index is 12.0. The summed E-state index contributed by atoms with van der Waals surface area (Å²) in [6.07, 6.45) is 5.22. The molecule has 3 aromatic heterocycles. The Morgan fingerprint density at radius 1 is 1.63 bits per heavy atom. The number of fused-ring (bicyclic) bond motifs is 1. The largest absolute Gasteiger partial charge is 0.463 e. The zero-order valence-corrected chi connectivity index (χ0v) is 10.4. The van der Waals surface area contributed by atoms with Crippen LogP contribution in [0, 0.1) is 0 Å². The fraction of sp³-hybridized carbons (Fsp3) is 0.231. The number of carbonyl (C=O) groups excluding carboxylic acids is 1. The van der Waals surface area contributed by atoms with Gasteiger partial charge in [-0.15, -0.1) is 0 Å². The average Bonchev–Trinajstić information content (AvgIpc) is 3.09. The molecule has 6 nitrogen and oxygen atoms in total. The number of carbonyl (C=O) groups is 1. The third-order valence-electron chi connectivity index (χ3n) is 2.87. The number of furan rings is 1. The quantitative estimate of drug-likeness (QED) is 0.731. The van der Waals surface area contributed by atoms with E-state index in [0.717, 1.165) is 5.52 Å². The smallest absolute Gasteiger partial charge is 0.356 e. The number of aromatic nitrogens is 3. The van der Waals surface area contributed by atoms with Crippen molar-refractivity contribution in [3.05, 3.63) is 42.5 Å². The molecule has 3 aromatic rings. The Kier molecular flexibility index (Phi) is 2.83. The van der Waals surface area contributed by atoms with Gasteiger partial charge in [0.1, 0.15) is 5.69 Å². The highest BCUT2D eigenvalue weighted by Crippen LogP contribution is 2.19. The second-order valence-electron chi connectivity index (χ2n) is 4.14. The molecule has 0 saturated carbocycles. The monoisotopic (exact) mass is 259 g/mol. The minimum atomic E-state index is -0.422. The van der Waals surface area contributed by atoms with Gasteiger partial charge in [-0.2, -0.15) is 5.10 Å². The van der Waals surface area contributed by atoms with Gasteiger partial charge in [0.25, 0.3) is 0 Å². The van der Waals surface area contributed by atoms with E-state index in [1.807, 2.05) is 6.92 Å². The van der Waals surface area contributed by atoms with Crippen molar-refractivity contribution in [2.75, 3.05) is 0 Å². The van der Waals surface area contributed by atoms with Crippen molar-refractivity contribution >= 4 is 17.1 Å². The van der Waals surface area contributed by atoms with Gasteiger partial charge in [0.2, 0.25) is 0 Å². The minimum absolute atomic E-state index is 0.375. The number of aromatic amines is 1. The van der Waals surface area contributed by atoms with Crippen molar-refractivity contribution in [2.24, 2.45) is 0 Å². The van der Waals surface area contributed by atoms with E-state index < -0.39 is 12.2 Å². The van der Waals surface area contributed by atoms with E-state index in [0.29, 0.717) is 17.7 Å². The van der Waals surface area contributed by atoms with Gasteiger partial charge in [-0.1, -0.05) is 6.92 Å². The molecule has 0 aliphatic carbocycles. The molecule has 3 heterocycles. The molecule has 0 spiro atoms. The number of nitrogens with zero attached hydrogens (tertiary/aromatic N) is 2. The third kappa shape index (κ3) is 2.12. The van der Waals surface area contributed by atoms with Crippen molar-refractivity contribution < 1.29 is 13.9 Å². The molecule has 98 valence electrons. The van der Waals surface area contributed by atoms with Crippen LogP contribution in [0.2, 0.25) is 0 Å². The zero-order valence-electron chi connectivity index (χ0n) is 10.4. The molecule has 6 heteroatoms. The van der Waals surface area contributed by atoms with Crippen LogP contribution in [0.15, 0.2) is 41.3 Å². The van der Waals surface area contributed by atoms with Gasteiger partial charge in [-0.25, -0.2) is 9.48 Å². The van der Waals surface area contributed by atoms with E-state index in [1.54, 1.807) is 41.5 Å². The van der Waals surface area contributed by atoms with Crippen LogP contribution in [0.1, 0.15) is 30.1 Å². The predicted octanol–water partition coefficient (Wildman–Crippen LogP) is 2.72. The molecule has 0 bridgehead atoms. The van der Waals surface area contributed by atoms with E-state index in [-0.39, 0.29) is 0 Å². The van der Waals surface area contributed by atoms with Crippen LogP contribution in [0.5, 0.6) is 0 Å². The molecule has 1 N–H and O–H groups in total. The molecule has 0 aromatic carbocycles. The van der Waals surface area contributed by atoms with Crippen LogP contribution in [-0.2, 0) is 4.74 Å². The first-order chi connectivity index (χ1) is 9.28. The van der Waals surface area contributed by atoms with Crippen molar-refractivity contribution in [1.82, 2.24) is 14.8 Å². The normalized spacial score (nSPS) is 12.7. The number of esters is 1. The molecule has 0 radical (unpaired) electrons. The molecular formula is C13H13N3O3. The summed E-state index contributed by atoms with van der Waals surface area (Å²) >= 11 is 0. The minimum Gasteiger partial charge on any atom is -0.463 e. The summed E-state index contributed by atoms with van der Waals surface area (Å²) in [7, 11) is 0. The van der Waals surface area contributed by atoms with E-state index >= 15 is 0 Å². The van der Waals surface area contributed by atoms with Gasteiger partial charge in [0.15, 0.2) is 11.8 Å². The highest BCUT2D eigenvalue weighted by atomic mass is 16.6. The van der Waals surface area contributed by atoms with E-state index in [4.69, 9.17) is 9.15 Å². The fourth-order valence-electron chi connectivity index (χ4n) is 1.92. The highest BCUT2D eigenvalue weighted by molar-refractivity contribution is 5.93. The third-order valence-corrected chi connectivity index (χ3v) is 2.87.